The summed E-state index contributed by atoms with van der Waals surface area (Å²) in [6, 6.07) is 12.0. The second-order valence-corrected chi connectivity index (χ2v) is 6.84. The maximum absolute atomic E-state index is 12.2. The minimum absolute atomic E-state index is 0.176. The van der Waals surface area contributed by atoms with Gasteiger partial charge in [-0.05, 0) is 48.7 Å². The van der Waals surface area contributed by atoms with Gasteiger partial charge in [0.2, 0.25) is 11.7 Å². The third-order valence-corrected chi connectivity index (χ3v) is 5.02. The molecule has 1 N–H and O–H groups in total. The quantitative estimate of drug-likeness (QED) is 0.691. The first-order chi connectivity index (χ1) is 14.2. The summed E-state index contributed by atoms with van der Waals surface area (Å²) in [6.07, 6.45) is 5.71. The summed E-state index contributed by atoms with van der Waals surface area (Å²) in [5.41, 5.74) is 3.05. The summed E-state index contributed by atoms with van der Waals surface area (Å²) in [6.45, 7) is 2.73. The van der Waals surface area contributed by atoms with Crippen LogP contribution in [0.15, 0.2) is 42.5 Å². The molecule has 1 aliphatic rings. The van der Waals surface area contributed by atoms with Gasteiger partial charge in [-0.3, -0.25) is 4.79 Å². The number of hydrogen-bond acceptors (Lipinski definition) is 5. The predicted octanol–water partition coefficient (Wildman–Crippen LogP) is 3.64. The molecule has 3 rings (SSSR count). The molecule has 2 aromatic carbocycles. The van der Waals surface area contributed by atoms with E-state index in [0.717, 1.165) is 24.2 Å². The van der Waals surface area contributed by atoms with Crippen molar-refractivity contribution in [3.05, 3.63) is 53.6 Å². The van der Waals surface area contributed by atoms with Gasteiger partial charge in [-0.2, -0.15) is 0 Å². The first-order valence-corrected chi connectivity index (χ1v) is 9.75. The molecular weight excluding hydrogens is 368 g/mol. The normalized spacial score (nSPS) is 13.6. The van der Waals surface area contributed by atoms with E-state index in [1.54, 1.807) is 33.5 Å². The number of ether oxygens (including phenoxy) is 3. The van der Waals surface area contributed by atoms with Crippen LogP contribution in [-0.4, -0.2) is 40.3 Å². The Morgan fingerprint density at radius 2 is 1.66 bits per heavy atom. The van der Waals surface area contributed by atoms with Gasteiger partial charge in [-0.1, -0.05) is 12.1 Å². The lowest BCUT2D eigenvalue weighted by atomic mass is 10.1. The number of amides is 1. The predicted molar refractivity (Wildman–Crippen MR) is 115 cm³/mol. The van der Waals surface area contributed by atoms with Crippen LogP contribution in [0, 0.1) is 0 Å². The Morgan fingerprint density at radius 3 is 2.28 bits per heavy atom. The summed E-state index contributed by atoms with van der Waals surface area (Å²) >= 11 is 0. The second-order valence-electron chi connectivity index (χ2n) is 6.84. The van der Waals surface area contributed by atoms with Crippen LogP contribution in [-0.2, 0) is 11.3 Å². The SMILES string of the molecule is COc1ccc(/C=C/C(=O)NCc2ccc(N3CCCC3)cc2)c(OC)c1OC. The van der Waals surface area contributed by atoms with Crippen molar-refractivity contribution < 1.29 is 19.0 Å². The van der Waals surface area contributed by atoms with Crippen LogP contribution in [0.4, 0.5) is 5.69 Å². The molecule has 1 fully saturated rings. The Hall–Kier alpha value is -3.15. The molecule has 154 valence electrons. The lowest BCUT2D eigenvalue weighted by molar-refractivity contribution is -0.116. The lowest BCUT2D eigenvalue weighted by Crippen LogP contribution is -2.20. The van der Waals surface area contributed by atoms with E-state index in [0.29, 0.717) is 23.8 Å². The van der Waals surface area contributed by atoms with E-state index in [1.807, 2.05) is 6.07 Å². The number of nitrogens with one attached hydrogen (secondary N) is 1. The van der Waals surface area contributed by atoms with Crippen molar-refractivity contribution in [3.8, 4) is 17.2 Å². The van der Waals surface area contributed by atoms with Crippen molar-refractivity contribution in [2.45, 2.75) is 19.4 Å². The molecule has 1 heterocycles. The Kier molecular flexibility index (Phi) is 7.00. The fourth-order valence-electron chi connectivity index (χ4n) is 3.47. The highest BCUT2D eigenvalue weighted by Crippen LogP contribution is 2.40. The monoisotopic (exact) mass is 396 g/mol. The molecule has 0 radical (unpaired) electrons. The summed E-state index contributed by atoms with van der Waals surface area (Å²) in [4.78, 5) is 14.6. The highest BCUT2D eigenvalue weighted by Gasteiger charge is 2.14. The zero-order valence-electron chi connectivity index (χ0n) is 17.2. The maximum Gasteiger partial charge on any atom is 0.244 e. The van der Waals surface area contributed by atoms with Crippen LogP contribution in [0.25, 0.3) is 6.08 Å². The van der Waals surface area contributed by atoms with Crippen LogP contribution in [0.5, 0.6) is 17.2 Å². The van der Waals surface area contributed by atoms with E-state index < -0.39 is 0 Å². The standard InChI is InChI=1S/C23H28N2O4/c1-27-20-12-8-18(22(28-2)23(20)29-3)9-13-21(26)24-16-17-6-10-19(11-7-17)25-14-4-5-15-25/h6-13H,4-5,14-16H2,1-3H3,(H,24,26)/b13-9+. The number of carbonyl (C=O) groups is 1. The zero-order valence-corrected chi connectivity index (χ0v) is 17.2. The van der Waals surface area contributed by atoms with Gasteiger partial charge in [0.05, 0.1) is 21.3 Å². The average molecular weight is 396 g/mol. The van der Waals surface area contributed by atoms with Crippen molar-refractivity contribution in [2.24, 2.45) is 0 Å². The smallest absolute Gasteiger partial charge is 0.244 e. The molecule has 0 spiro atoms. The molecule has 0 bridgehead atoms. The number of hydrogen-bond donors (Lipinski definition) is 1. The van der Waals surface area contributed by atoms with E-state index in [4.69, 9.17) is 14.2 Å². The van der Waals surface area contributed by atoms with Crippen molar-refractivity contribution in [3.63, 3.8) is 0 Å². The fourth-order valence-corrected chi connectivity index (χ4v) is 3.47. The average Bonchev–Trinajstić information content (AvgIpc) is 3.30. The van der Waals surface area contributed by atoms with Gasteiger partial charge in [-0.15, -0.1) is 0 Å². The van der Waals surface area contributed by atoms with E-state index in [9.17, 15) is 4.79 Å². The minimum Gasteiger partial charge on any atom is -0.493 e. The van der Waals surface area contributed by atoms with E-state index in [1.165, 1.54) is 24.6 Å². The number of benzene rings is 2. The van der Waals surface area contributed by atoms with Gasteiger partial charge >= 0.3 is 0 Å². The highest BCUT2D eigenvalue weighted by molar-refractivity contribution is 5.92. The van der Waals surface area contributed by atoms with E-state index >= 15 is 0 Å². The molecule has 0 aliphatic carbocycles. The zero-order chi connectivity index (χ0) is 20.6. The van der Waals surface area contributed by atoms with Gasteiger partial charge < -0.3 is 24.4 Å². The second kappa shape index (κ2) is 9.87. The fraction of sp³-hybridized carbons (Fsp3) is 0.348. The first-order valence-electron chi connectivity index (χ1n) is 9.75. The molecule has 0 saturated carbocycles. The Bertz CT molecular complexity index is 856. The van der Waals surface area contributed by atoms with Gasteiger partial charge in [-0.25, -0.2) is 0 Å². The topological polar surface area (TPSA) is 60.0 Å². The third-order valence-electron chi connectivity index (χ3n) is 5.02. The summed E-state index contributed by atoms with van der Waals surface area (Å²) in [7, 11) is 4.67. The van der Waals surface area contributed by atoms with Crippen LogP contribution >= 0.6 is 0 Å². The van der Waals surface area contributed by atoms with Crippen molar-refractivity contribution in [2.75, 3.05) is 39.3 Å². The number of carbonyl (C=O) groups excluding carboxylic acids is 1. The van der Waals surface area contributed by atoms with Gasteiger partial charge in [0.25, 0.3) is 0 Å². The van der Waals surface area contributed by atoms with Gasteiger partial charge in [0, 0.05) is 37.0 Å². The number of nitrogens with zero attached hydrogens (tertiary/aromatic N) is 1. The Labute approximate surface area is 172 Å². The third kappa shape index (κ3) is 5.02. The Balaban J connectivity index is 1.60. The molecule has 6 heteroatoms. The van der Waals surface area contributed by atoms with Gasteiger partial charge in [0.1, 0.15) is 0 Å². The molecule has 0 atom stereocenters. The molecule has 1 saturated heterocycles. The summed E-state index contributed by atoms with van der Waals surface area (Å²) in [5, 5.41) is 2.91. The maximum atomic E-state index is 12.2. The molecule has 29 heavy (non-hydrogen) atoms. The van der Waals surface area contributed by atoms with E-state index in [-0.39, 0.29) is 5.91 Å². The summed E-state index contributed by atoms with van der Waals surface area (Å²) < 4.78 is 16.1. The molecule has 0 aromatic heterocycles. The van der Waals surface area contributed by atoms with Crippen LogP contribution in [0.3, 0.4) is 0 Å². The van der Waals surface area contributed by atoms with Gasteiger partial charge in [0.15, 0.2) is 11.5 Å². The highest BCUT2D eigenvalue weighted by atomic mass is 16.5. The van der Waals surface area contributed by atoms with Crippen LogP contribution < -0.4 is 24.4 Å². The largest absolute Gasteiger partial charge is 0.493 e. The summed E-state index contributed by atoms with van der Waals surface area (Å²) in [5.74, 6) is 1.41. The lowest BCUT2D eigenvalue weighted by Gasteiger charge is -2.17. The molecule has 1 amide bonds. The molecule has 6 nitrogen and oxygen atoms in total. The number of methoxy groups -OCH3 is 3. The van der Waals surface area contributed by atoms with E-state index in [2.05, 4.69) is 34.5 Å². The number of anilines is 1. The number of rotatable bonds is 8. The minimum atomic E-state index is -0.176. The van der Waals surface area contributed by atoms with Crippen molar-refractivity contribution in [1.29, 1.82) is 0 Å². The Morgan fingerprint density at radius 1 is 0.966 bits per heavy atom. The molecule has 1 aliphatic heterocycles. The van der Waals surface area contributed by atoms with Crippen molar-refractivity contribution in [1.82, 2.24) is 5.32 Å². The van der Waals surface area contributed by atoms with Crippen LogP contribution in [0.2, 0.25) is 0 Å². The first kappa shape index (κ1) is 20.6. The molecule has 2 aromatic rings. The van der Waals surface area contributed by atoms with Crippen LogP contribution in [0.1, 0.15) is 24.0 Å². The van der Waals surface area contributed by atoms with Crippen molar-refractivity contribution >= 4 is 17.7 Å². The molecule has 0 unspecified atom stereocenters. The molecular formula is C23H28N2O4.